The Morgan fingerprint density at radius 3 is 1.34 bits per heavy atom. The molecule has 0 saturated heterocycles. The highest BCUT2D eigenvalue weighted by Crippen LogP contribution is 2.25. The average molecular weight is 525 g/mol. The third-order valence-corrected chi connectivity index (χ3v) is 16.0. The molecule has 1 aromatic rings. The van der Waals surface area contributed by atoms with Gasteiger partial charge in [0.1, 0.15) is 0 Å². The smallest absolute Gasteiger partial charge is 0.374 e. The van der Waals surface area contributed by atoms with Gasteiger partial charge in [0.2, 0.25) is 8.40 Å². The fraction of sp³-hybridized carbons (Fsp3) is 0.786. The first-order valence-corrected chi connectivity index (χ1v) is 18.5. The molecule has 0 saturated carbocycles. The number of hydrogen-bond donors (Lipinski definition) is 0. The first-order valence-electron chi connectivity index (χ1n) is 14.5. The maximum absolute atomic E-state index is 6.01. The van der Waals surface area contributed by atoms with Gasteiger partial charge in [-0.3, -0.25) is 0 Å². The number of nitrogens with zero attached hydrogens (tertiary/aromatic N) is 2. The molecule has 0 aromatic heterocycles. The van der Waals surface area contributed by atoms with Crippen molar-refractivity contribution in [2.24, 2.45) is 0 Å². The van der Waals surface area contributed by atoms with Gasteiger partial charge in [0.05, 0.1) is 0 Å². The van der Waals surface area contributed by atoms with Crippen molar-refractivity contribution in [1.82, 2.24) is 9.13 Å². The summed E-state index contributed by atoms with van der Waals surface area (Å²) in [5.41, 5.74) is 0. The highest BCUT2D eigenvalue weighted by molar-refractivity contribution is 6.87. The number of benzene rings is 1. The van der Waals surface area contributed by atoms with Crippen molar-refractivity contribution in [1.29, 1.82) is 0 Å². The third-order valence-electron chi connectivity index (χ3n) is 7.16. The molecule has 0 heterocycles. The molecular formula is C28H56N2O3Si2. The molecule has 0 aliphatic heterocycles. The molecule has 0 fully saturated rings. The Hall–Kier alpha value is -0.546. The van der Waals surface area contributed by atoms with E-state index < -0.39 is 17.2 Å². The second-order valence-corrected chi connectivity index (χ2v) is 15.8. The highest BCUT2D eigenvalue weighted by atomic mass is 28.4. The van der Waals surface area contributed by atoms with Crippen LogP contribution in [0.25, 0.3) is 0 Å². The molecule has 204 valence electrons. The van der Waals surface area contributed by atoms with Crippen molar-refractivity contribution in [3.8, 4) is 0 Å². The van der Waals surface area contributed by atoms with Gasteiger partial charge in [-0.15, -0.1) is 0 Å². The molecule has 0 unspecified atom stereocenters. The number of rotatable bonds is 22. The van der Waals surface area contributed by atoms with Crippen molar-refractivity contribution < 1.29 is 13.3 Å². The van der Waals surface area contributed by atoms with E-state index in [-0.39, 0.29) is 0 Å². The number of unbranched alkanes of at least 4 members (excludes halogenated alkanes) is 5. The quantitative estimate of drug-likeness (QED) is 0.129. The van der Waals surface area contributed by atoms with Crippen LogP contribution in [0.15, 0.2) is 30.3 Å². The van der Waals surface area contributed by atoms with Crippen LogP contribution in [-0.2, 0) is 13.3 Å². The van der Waals surface area contributed by atoms with Crippen LogP contribution in [-0.4, -0.2) is 72.3 Å². The summed E-state index contributed by atoms with van der Waals surface area (Å²) in [4.78, 5) is 0. The Balaban J connectivity index is 2.70. The number of hydrogen-bond acceptors (Lipinski definition) is 5. The van der Waals surface area contributed by atoms with Crippen LogP contribution in [0.2, 0.25) is 12.1 Å². The summed E-state index contributed by atoms with van der Waals surface area (Å²) >= 11 is 0. The minimum Gasteiger partial charge on any atom is -0.374 e. The summed E-state index contributed by atoms with van der Waals surface area (Å²) in [7, 11) is -4.42. The highest BCUT2D eigenvalue weighted by Gasteiger charge is 2.44. The largest absolute Gasteiger partial charge is 0.500 e. The van der Waals surface area contributed by atoms with E-state index in [0.717, 1.165) is 38.6 Å². The lowest BCUT2D eigenvalue weighted by atomic mass is 10.1. The molecule has 0 atom stereocenters. The Bertz CT molecular complexity index is 599. The minimum atomic E-state index is -2.48. The molecule has 1 rings (SSSR count). The molecule has 0 spiro atoms. The van der Waals surface area contributed by atoms with Crippen molar-refractivity contribution in [3.05, 3.63) is 30.3 Å². The van der Waals surface area contributed by atoms with Gasteiger partial charge in [0.15, 0.2) is 0 Å². The summed E-state index contributed by atoms with van der Waals surface area (Å²) in [6, 6.07) is 13.7. The normalized spacial score (nSPS) is 12.7. The van der Waals surface area contributed by atoms with E-state index in [1.807, 2.05) is 20.8 Å². The monoisotopic (exact) mass is 524 g/mol. The molecular weight excluding hydrogens is 468 g/mol. The van der Waals surface area contributed by atoms with Gasteiger partial charge in [0.25, 0.3) is 0 Å². The second kappa shape index (κ2) is 18.7. The van der Waals surface area contributed by atoms with E-state index in [4.69, 9.17) is 13.3 Å². The van der Waals surface area contributed by atoms with Crippen LogP contribution in [0, 0.1) is 0 Å². The Kier molecular flexibility index (Phi) is 17.3. The summed E-state index contributed by atoms with van der Waals surface area (Å²) in [5, 5.41) is 1.58. The van der Waals surface area contributed by atoms with Crippen LogP contribution >= 0.6 is 0 Å². The van der Waals surface area contributed by atoms with Gasteiger partial charge in [-0.2, -0.15) is 0 Å². The van der Waals surface area contributed by atoms with Gasteiger partial charge in [0, 0.05) is 25.9 Å². The molecule has 35 heavy (non-hydrogen) atoms. The van der Waals surface area contributed by atoms with Crippen molar-refractivity contribution in [3.63, 3.8) is 0 Å². The first kappa shape index (κ1) is 32.5. The standard InChI is InChI=1S/C28H56N2O3Si2/c1-8-29(9-2)34(30(10-3)11-4,28-24-20-19-21-25-28)26-22-17-15-16-18-23-27-35(31-12-5,32-13-6)33-14-7/h19-21,24-25H,8-18,22-23,26-27H2,1-7H3. The topological polar surface area (TPSA) is 34.2 Å². The van der Waals surface area contributed by atoms with E-state index in [2.05, 4.69) is 67.2 Å². The molecule has 5 nitrogen and oxygen atoms in total. The van der Waals surface area contributed by atoms with Gasteiger partial charge in [-0.05, 0) is 64.6 Å². The SMILES string of the molecule is CCO[Si](CCCCCCCC[Si](c1ccccc1)(N(CC)CC)N(CC)CC)(OCC)OCC. The lowest BCUT2D eigenvalue weighted by Crippen LogP contribution is -2.72. The second-order valence-electron chi connectivity index (χ2n) is 9.13. The molecule has 0 bridgehead atoms. The lowest BCUT2D eigenvalue weighted by Gasteiger charge is -2.48. The van der Waals surface area contributed by atoms with Crippen molar-refractivity contribution in [2.75, 3.05) is 46.0 Å². The van der Waals surface area contributed by atoms with Crippen LogP contribution in [0.1, 0.15) is 87.0 Å². The lowest BCUT2D eigenvalue weighted by molar-refractivity contribution is 0.0706. The van der Waals surface area contributed by atoms with Crippen molar-refractivity contribution >= 4 is 22.4 Å². The molecule has 0 aliphatic rings. The first-order chi connectivity index (χ1) is 17.0. The van der Waals surface area contributed by atoms with Gasteiger partial charge >= 0.3 is 8.80 Å². The predicted octanol–water partition coefficient (Wildman–Crippen LogP) is 6.41. The third kappa shape index (κ3) is 9.69. The van der Waals surface area contributed by atoms with E-state index >= 15 is 0 Å². The molecule has 0 aliphatic carbocycles. The zero-order valence-electron chi connectivity index (χ0n) is 24.1. The van der Waals surface area contributed by atoms with Gasteiger partial charge in [-0.1, -0.05) is 90.1 Å². The van der Waals surface area contributed by atoms with Crippen LogP contribution < -0.4 is 5.19 Å². The summed E-state index contributed by atoms with van der Waals surface area (Å²) < 4.78 is 23.7. The Morgan fingerprint density at radius 2 is 0.943 bits per heavy atom. The van der Waals surface area contributed by atoms with E-state index in [1.165, 1.54) is 38.1 Å². The Morgan fingerprint density at radius 1 is 0.543 bits per heavy atom. The zero-order chi connectivity index (χ0) is 26.0. The average Bonchev–Trinajstić information content (AvgIpc) is 2.87. The predicted molar refractivity (Wildman–Crippen MR) is 156 cm³/mol. The maximum atomic E-state index is 6.01. The molecule has 7 heteroatoms. The summed E-state index contributed by atoms with van der Waals surface area (Å²) in [6.45, 7) is 22.0. The molecule has 0 amide bonds. The van der Waals surface area contributed by atoms with E-state index in [9.17, 15) is 0 Å². The van der Waals surface area contributed by atoms with Crippen molar-refractivity contribution in [2.45, 2.75) is 99.1 Å². The van der Waals surface area contributed by atoms with Gasteiger partial charge in [-0.25, -0.2) is 0 Å². The molecule has 0 radical (unpaired) electrons. The minimum absolute atomic E-state index is 0.665. The zero-order valence-corrected chi connectivity index (χ0v) is 26.1. The Labute approximate surface area is 220 Å². The van der Waals surface area contributed by atoms with E-state index in [1.54, 1.807) is 5.19 Å². The fourth-order valence-electron chi connectivity index (χ4n) is 5.65. The van der Waals surface area contributed by atoms with Crippen LogP contribution in [0.5, 0.6) is 0 Å². The maximum Gasteiger partial charge on any atom is 0.500 e. The summed E-state index contributed by atoms with van der Waals surface area (Å²) in [6.07, 6.45) is 7.58. The van der Waals surface area contributed by atoms with Crippen LogP contribution in [0.4, 0.5) is 0 Å². The van der Waals surface area contributed by atoms with Gasteiger partial charge < -0.3 is 22.4 Å². The molecule has 0 N–H and O–H groups in total. The van der Waals surface area contributed by atoms with E-state index in [0.29, 0.717) is 19.8 Å². The van der Waals surface area contributed by atoms with Crippen LogP contribution in [0.3, 0.4) is 0 Å². The molecule has 1 aromatic carbocycles. The summed E-state index contributed by atoms with van der Waals surface area (Å²) in [5.74, 6) is 0. The fourth-order valence-corrected chi connectivity index (χ4v) is 13.9.